The van der Waals surface area contributed by atoms with Gasteiger partial charge in [0.15, 0.2) is 0 Å². The van der Waals surface area contributed by atoms with Crippen LogP contribution < -0.4 is 20.7 Å². The topological polar surface area (TPSA) is 79.5 Å². The molecule has 3 rings (SSSR count). The molecule has 0 aromatic heterocycles. The van der Waals surface area contributed by atoms with Crippen LogP contribution in [0.4, 0.5) is 5.69 Å². The fourth-order valence-corrected chi connectivity index (χ4v) is 3.34. The van der Waals surface area contributed by atoms with E-state index in [1.807, 2.05) is 18.2 Å². The molecule has 2 heterocycles. The Morgan fingerprint density at radius 3 is 3.08 bits per heavy atom. The first-order valence-electron chi connectivity index (χ1n) is 9.24. The summed E-state index contributed by atoms with van der Waals surface area (Å²) in [5.74, 6) is 1.67. The van der Waals surface area contributed by atoms with Crippen molar-refractivity contribution in [1.29, 1.82) is 0 Å². The molecule has 1 saturated heterocycles. The molecule has 0 spiro atoms. The van der Waals surface area contributed by atoms with Crippen LogP contribution in [0.2, 0.25) is 0 Å². The van der Waals surface area contributed by atoms with Crippen molar-refractivity contribution in [2.45, 2.75) is 38.5 Å². The van der Waals surface area contributed by atoms with Crippen LogP contribution in [0, 0.1) is 5.92 Å². The number of ether oxygens (including phenoxy) is 1. The van der Waals surface area contributed by atoms with E-state index in [-0.39, 0.29) is 11.8 Å². The highest BCUT2D eigenvalue weighted by atomic mass is 16.5. The molecule has 6 nitrogen and oxygen atoms in total. The van der Waals surface area contributed by atoms with Crippen LogP contribution in [0.3, 0.4) is 0 Å². The maximum absolute atomic E-state index is 11.8. The minimum absolute atomic E-state index is 0.0661. The summed E-state index contributed by atoms with van der Waals surface area (Å²) in [4.78, 5) is 23.2. The summed E-state index contributed by atoms with van der Waals surface area (Å²) in [6, 6.07) is 5.72. The quantitative estimate of drug-likeness (QED) is 0.628. The van der Waals surface area contributed by atoms with Crippen molar-refractivity contribution < 1.29 is 14.3 Å². The van der Waals surface area contributed by atoms with E-state index in [0.29, 0.717) is 31.8 Å². The van der Waals surface area contributed by atoms with E-state index in [0.717, 1.165) is 49.5 Å². The van der Waals surface area contributed by atoms with Crippen molar-refractivity contribution in [1.82, 2.24) is 10.6 Å². The van der Waals surface area contributed by atoms with Crippen molar-refractivity contribution in [3.05, 3.63) is 23.8 Å². The monoisotopic (exact) mass is 345 g/mol. The summed E-state index contributed by atoms with van der Waals surface area (Å²) in [7, 11) is 0. The normalized spacial score (nSPS) is 19.2. The molecule has 0 aliphatic carbocycles. The van der Waals surface area contributed by atoms with E-state index >= 15 is 0 Å². The summed E-state index contributed by atoms with van der Waals surface area (Å²) in [5.41, 5.74) is 1.98. The Morgan fingerprint density at radius 2 is 2.24 bits per heavy atom. The smallest absolute Gasteiger partial charge is 0.224 e. The highest BCUT2D eigenvalue weighted by Gasteiger charge is 2.15. The van der Waals surface area contributed by atoms with Gasteiger partial charge in [-0.1, -0.05) is 0 Å². The van der Waals surface area contributed by atoms with Gasteiger partial charge in [-0.2, -0.15) is 0 Å². The molecule has 1 atom stereocenters. The van der Waals surface area contributed by atoms with E-state index in [2.05, 4.69) is 16.0 Å². The van der Waals surface area contributed by atoms with Gasteiger partial charge in [-0.15, -0.1) is 0 Å². The molecular formula is C19H27N3O3. The summed E-state index contributed by atoms with van der Waals surface area (Å²) < 4.78 is 5.73. The first-order chi connectivity index (χ1) is 12.2. The number of hydrogen-bond acceptors (Lipinski definition) is 4. The molecule has 1 unspecified atom stereocenters. The average molecular weight is 345 g/mol. The zero-order valence-corrected chi connectivity index (χ0v) is 14.6. The highest BCUT2D eigenvalue weighted by Crippen LogP contribution is 2.26. The number of fused-ring (bicyclic) bond motifs is 1. The first kappa shape index (κ1) is 17.7. The number of carbonyl (C=O) groups is 2. The SMILES string of the molecule is O=C(CCCOc1ccc2c(c1)CCC(=O)N2)NCCC1CCNC1. The van der Waals surface area contributed by atoms with Gasteiger partial charge in [0, 0.05) is 25.1 Å². The lowest BCUT2D eigenvalue weighted by Gasteiger charge is -2.17. The fourth-order valence-electron chi connectivity index (χ4n) is 3.34. The molecule has 0 saturated carbocycles. The van der Waals surface area contributed by atoms with Crippen LogP contribution in [0.1, 0.15) is 37.7 Å². The lowest BCUT2D eigenvalue weighted by atomic mass is 10.0. The number of hydrogen-bond donors (Lipinski definition) is 3. The van der Waals surface area contributed by atoms with Gasteiger partial charge >= 0.3 is 0 Å². The van der Waals surface area contributed by atoms with E-state index in [9.17, 15) is 9.59 Å². The second-order valence-corrected chi connectivity index (χ2v) is 6.82. The molecule has 0 radical (unpaired) electrons. The number of rotatable bonds is 8. The largest absolute Gasteiger partial charge is 0.494 e. The summed E-state index contributed by atoms with van der Waals surface area (Å²) in [6.45, 7) is 3.47. The van der Waals surface area contributed by atoms with Crippen LogP contribution in [0.15, 0.2) is 18.2 Å². The van der Waals surface area contributed by atoms with Gasteiger partial charge < -0.3 is 20.7 Å². The van der Waals surface area contributed by atoms with Gasteiger partial charge in [-0.3, -0.25) is 9.59 Å². The lowest BCUT2D eigenvalue weighted by Crippen LogP contribution is -2.26. The number of carbonyl (C=O) groups excluding carboxylic acids is 2. The van der Waals surface area contributed by atoms with Crippen molar-refractivity contribution in [3.63, 3.8) is 0 Å². The first-order valence-corrected chi connectivity index (χ1v) is 9.24. The maximum Gasteiger partial charge on any atom is 0.224 e. The Balaban J connectivity index is 1.30. The Bertz CT molecular complexity index is 612. The van der Waals surface area contributed by atoms with Crippen LogP contribution in [-0.2, 0) is 16.0 Å². The van der Waals surface area contributed by atoms with Crippen molar-refractivity contribution in [2.75, 3.05) is 31.6 Å². The molecule has 25 heavy (non-hydrogen) atoms. The van der Waals surface area contributed by atoms with E-state index in [1.165, 1.54) is 6.42 Å². The molecule has 2 amide bonds. The predicted octanol–water partition coefficient (Wildman–Crippen LogP) is 1.85. The Kier molecular flexibility index (Phi) is 6.28. The maximum atomic E-state index is 11.8. The van der Waals surface area contributed by atoms with Gasteiger partial charge in [0.2, 0.25) is 11.8 Å². The molecule has 136 valence electrons. The zero-order valence-electron chi connectivity index (χ0n) is 14.6. The van der Waals surface area contributed by atoms with Gasteiger partial charge in [0.25, 0.3) is 0 Å². The molecule has 1 aromatic carbocycles. The van der Waals surface area contributed by atoms with E-state index < -0.39 is 0 Å². The van der Waals surface area contributed by atoms with Crippen molar-refractivity contribution in [2.24, 2.45) is 5.92 Å². The number of amides is 2. The number of anilines is 1. The summed E-state index contributed by atoms with van der Waals surface area (Å²) in [6.07, 6.45) is 4.73. The van der Waals surface area contributed by atoms with Gasteiger partial charge in [-0.25, -0.2) is 0 Å². The molecule has 2 aliphatic heterocycles. The summed E-state index contributed by atoms with van der Waals surface area (Å²) in [5, 5.41) is 9.19. The molecule has 0 bridgehead atoms. The molecule has 2 aliphatic rings. The van der Waals surface area contributed by atoms with Crippen molar-refractivity contribution >= 4 is 17.5 Å². The van der Waals surface area contributed by atoms with Gasteiger partial charge in [0.05, 0.1) is 6.61 Å². The number of benzene rings is 1. The minimum atomic E-state index is 0.0661. The van der Waals surface area contributed by atoms with Gasteiger partial charge in [0.1, 0.15) is 5.75 Å². The molecule has 3 N–H and O–H groups in total. The number of nitrogens with one attached hydrogen (secondary N) is 3. The number of aryl methyl sites for hydroxylation is 1. The standard InChI is InChI=1S/C19H27N3O3/c23-18(21-10-8-14-7-9-20-13-14)2-1-11-25-16-4-5-17-15(12-16)3-6-19(24)22-17/h4-5,12,14,20H,1-3,6-11,13H2,(H,21,23)(H,22,24). The van der Waals surface area contributed by atoms with Crippen LogP contribution in [0.25, 0.3) is 0 Å². The molecule has 1 aromatic rings. The third-order valence-electron chi connectivity index (χ3n) is 4.83. The van der Waals surface area contributed by atoms with Gasteiger partial charge in [-0.05, 0) is 68.5 Å². The second kappa shape index (κ2) is 8.85. The third-order valence-corrected chi connectivity index (χ3v) is 4.83. The van der Waals surface area contributed by atoms with E-state index in [4.69, 9.17) is 4.74 Å². The molecule has 6 heteroatoms. The summed E-state index contributed by atoms with van der Waals surface area (Å²) >= 11 is 0. The Hall–Kier alpha value is -2.08. The van der Waals surface area contributed by atoms with Crippen molar-refractivity contribution in [3.8, 4) is 5.75 Å². The second-order valence-electron chi connectivity index (χ2n) is 6.82. The average Bonchev–Trinajstić information content (AvgIpc) is 3.12. The lowest BCUT2D eigenvalue weighted by molar-refractivity contribution is -0.121. The van der Waals surface area contributed by atoms with E-state index in [1.54, 1.807) is 0 Å². The Morgan fingerprint density at radius 1 is 1.32 bits per heavy atom. The minimum Gasteiger partial charge on any atom is -0.494 e. The molecule has 1 fully saturated rings. The molecular weight excluding hydrogens is 318 g/mol. The Labute approximate surface area is 148 Å². The fraction of sp³-hybridized carbons (Fsp3) is 0.579. The van der Waals surface area contributed by atoms with Crippen LogP contribution >= 0.6 is 0 Å². The highest BCUT2D eigenvalue weighted by molar-refractivity contribution is 5.94. The third kappa shape index (κ3) is 5.46. The van der Waals surface area contributed by atoms with Crippen LogP contribution in [-0.4, -0.2) is 38.1 Å². The zero-order chi connectivity index (χ0) is 17.5. The van der Waals surface area contributed by atoms with Crippen LogP contribution in [0.5, 0.6) is 5.75 Å². The predicted molar refractivity (Wildman–Crippen MR) is 96.7 cm³/mol.